The van der Waals surface area contributed by atoms with Gasteiger partial charge in [-0.05, 0) is 19.8 Å². The Kier molecular flexibility index (Phi) is 3.35. The van der Waals surface area contributed by atoms with E-state index in [4.69, 9.17) is 10.5 Å². The highest BCUT2D eigenvalue weighted by atomic mass is 15.3. The third-order valence-electron chi connectivity index (χ3n) is 2.53. The van der Waals surface area contributed by atoms with Gasteiger partial charge in [-0.1, -0.05) is 0 Å². The number of aromatic nitrogens is 2. The van der Waals surface area contributed by atoms with Crippen LogP contribution < -0.4 is 0 Å². The van der Waals surface area contributed by atoms with Crippen LogP contribution in [0.25, 0.3) is 0 Å². The van der Waals surface area contributed by atoms with E-state index in [2.05, 4.69) is 20.0 Å². The maximum absolute atomic E-state index is 8.93. The molecule has 0 fully saturated rings. The normalized spacial score (nSPS) is 18.1. The Morgan fingerprint density at radius 1 is 1.50 bits per heavy atom. The standard InChI is InChI=1S/C11H11N7/c1-8-14-5-9(16-8)2-3-11-17-10(4-12)15-7-18(11)6-13/h5,7,11H,2-3H2,1H3,(H,14,16). The van der Waals surface area contributed by atoms with Gasteiger partial charge in [-0.25, -0.2) is 19.9 Å². The van der Waals surface area contributed by atoms with E-state index in [1.54, 1.807) is 0 Å². The van der Waals surface area contributed by atoms with E-state index in [9.17, 15) is 0 Å². The number of rotatable bonds is 3. The Hall–Kier alpha value is -2.67. The first-order valence-electron chi connectivity index (χ1n) is 5.44. The maximum atomic E-state index is 8.93. The Bertz CT molecular complexity index is 569. The van der Waals surface area contributed by atoms with Gasteiger partial charge in [-0.3, -0.25) is 0 Å². The summed E-state index contributed by atoms with van der Waals surface area (Å²) < 4.78 is 0. The van der Waals surface area contributed by atoms with E-state index < -0.39 is 0 Å². The van der Waals surface area contributed by atoms with Crippen LogP contribution in [0.2, 0.25) is 0 Å². The van der Waals surface area contributed by atoms with Crippen molar-refractivity contribution in [3.05, 3.63) is 17.7 Å². The summed E-state index contributed by atoms with van der Waals surface area (Å²) in [5.74, 6) is 0.957. The Morgan fingerprint density at radius 2 is 2.33 bits per heavy atom. The lowest BCUT2D eigenvalue weighted by molar-refractivity contribution is 0.404. The van der Waals surface area contributed by atoms with Crippen LogP contribution in [0.3, 0.4) is 0 Å². The van der Waals surface area contributed by atoms with Crippen LogP contribution in [-0.4, -0.2) is 33.2 Å². The molecule has 1 aliphatic heterocycles. The molecule has 0 bridgehead atoms. The molecule has 0 amide bonds. The molecule has 2 rings (SSSR count). The molecule has 1 N–H and O–H groups in total. The first-order valence-corrected chi connectivity index (χ1v) is 5.44. The van der Waals surface area contributed by atoms with Crippen LogP contribution in [0, 0.1) is 29.7 Å². The third-order valence-corrected chi connectivity index (χ3v) is 2.53. The first kappa shape index (κ1) is 11.8. The Balaban J connectivity index is 2.03. The summed E-state index contributed by atoms with van der Waals surface area (Å²) in [6.45, 7) is 1.88. The Labute approximate surface area is 104 Å². The van der Waals surface area contributed by atoms with Crippen molar-refractivity contribution in [3.63, 3.8) is 0 Å². The highest BCUT2D eigenvalue weighted by Crippen LogP contribution is 2.12. The summed E-state index contributed by atoms with van der Waals surface area (Å²) in [4.78, 5) is 16.5. The van der Waals surface area contributed by atoms with E-state index in [0.29, 0.717) is 12.8 Å². The average molecular weight is 241 g/mol. The summed E-state index contributed by atoms with van der Waals surface area (Å²) >= 11 is 0. The summed E-state index contributed by atoms with van der Waals surface area (Å²) in [6, 6.07) is 1.88. The van der Waals surface area contributed by atoms with Crippen molar-refractivity contribution >= 4 is 12.2 Å². The van der Waals surface area contributed by atoms with E-state index >= 15 is 0 Å². The van der Waals surface area contributed by atoms with Crippen molar-refractivity contribution in [1.82, 2.24) is 14.9 Å². The SMILES string of the molecule is Cc1nc(CCC2N=C(C#N)N=CN2C#N)c[nH]1. The number of amidine groups is 1. The van der Waals surface area contributed by atoms with Crippen LogP contribution in [0.1, 0.15) is 17.9 Å². The molecule has 90 valence electrons. The predicted octanol–water partition coefficient (Wildman–Crippen LogP) is 0.724. The van der Waals surface area contributed by atoms with Crippen molar-refractivity contribution in [2.24, 2.45) is 9.98 Å². The topological polar surface area (TPSA) is 104 Å². The summed E-state index contributed by atoms with van der Waals surface area (Å²) in [7, 11) is 0. The molecule has 7 heteroatoms. The molecule has 2 heterocycles. The molecular weight excluding hydrogens is 230 g/mol. The second-order valence-corrected chi connectivity index (χ2v) is 3.81. The number of nitrogens with one attached hydrogen (secondary N) is 1. The molecule has 0 saturated carbocycles. The van der Waals surface area contributed by atoms with Gasteiger partial charge in [0, 0.05) is 6.20 Å². The Morgan fingerprint density at radius 3 is 2.94 bits per heavy atom. The molecule has 18 heavy (non-hydrogen) atoms. The number of aromatic amines is 1. The number of nitrogens with zero attached hydrogens (tertiary/aromatic N) is 6. The fraction of sp³-hybridized carbons (Fsp3) is 0.364. The van der Waals surface area contributed by atoms with Crippen LogP contribution in [0.15, 0.2) is 16.2 Å². The van der Waals surface area contributed by atoms with Crippen molar-refractivity contribution in [2.75, 3.05) is 0 Å². The predicted molar refractivity (Wildman–Crippen MR) is 64.4 cm³/mol. The second kappa shape index (κ2) is 5.11. The molecule has 0 spiro atoms. The van der Waals surface area contributed by atoms with Crippen LogP contribution >= 0.6 is 0 Å². The minimum absolute atomic E-state index is 0.102. The number of hydrogen-bond acceptors (Lipinski definition) is 6. The zero-order valence-electron chi connectivity index (χ0n) is 9.83. The van der Waals surface area contributed by atoms with Crippen molar-refractivity contribution in [3.8, 4) is 12.3 Å². The first-order chi connectivity index (χ1) is 8.72. The molecule has 1 unspecified atom stereocenters. The molecule has 0 radical (unpaired) electrons. The second-order valence-electron chi connectivity index (χ2n) is 3.81. The zero-order chi connectivity index (χ0) is 13.0. The van der Waals surface area contributed by atoms with Gasteiger partial charge in [-0.15, -0.1) is 0 Å². The lowest BCUT2D eigenvalue weighted by atomic mass is 10.2. The quantitative estimate of drug-likeness (QED) is 0.787. The smallest absolute Gasteiger partial charge is 0.231 e. The number of imidazole rings is 1. The number of nitriles is 2. The molecule has 0 aliphatic carbocycles. The van der Waals surface area contributed by atoms with E-state index in [1.807, 2.05) is 25.4 Å². The van der Waals surface area contributed by atoms with Gasteiger partial charge in [0.15, 0.2) is 6.19 Å². The van der Waals surface area contributed by atoms with Gasteiger partial charge >= 0.3 is 0 Å². The zero-order valence-corrected chi connectivity index (χ0v) is 9.83. The lowest BCUT2D eigenvalue weighted by Crippen LogP contribution is -2.33. The number of aryl methyl sites for hydroxylation is 2. The number of H-pyrrole nitrogens is 1. The molecular formula is C11H11N7. The molecule has 1 aliphatic rings. The van der Waals surface area contributed by atoms with Gasteiger partial charge in [0.05, 0.1) is 5.69 Å². The number of aliphatic imine (C=N–C) groups is 2. The van der Waals surface area contributed by atoms with Gasteiger partial charge in [0.1, 0.15) is 24.4 Å². The fourth-order valence-electron chi connectivity index (χ4n) is 1.66. The fourth-order valence-corrected chi connectivity index (χ4v) is 1.66. The van der Waals surface area contributed by atoms with Crippen molar-refractivity contribution in [2.45, 2.75) is 25.9 Å². The van der Waals surface area contributed by atoms with Crippen molar-refractivity contribution in [1.29, 1.82) is 10.5 Å². The highest BCUT2D eigenvalue weighted by Gasteiger charge is 2.19. The molecule has 0 saturated heterocycles. The highest BCUT2D eigenvalue weighted by molar-refractivity contribution is 6.02. The largest absolute Gasteiger partial charge is 0.349 e. The third kappa shape index (κ3) is 2.53. The summed E-state index contributed by atoms with van der Waals surface area (Å²) in [5, 5.41) is 17.7. The van der Waals surface area contributed by atoms with E-state index in [0.717, 1.165) is 11.5 Å². The number of hydrogen-bond donors (Lipinski definition) is 1. The average Bonchev–Trinajstić information content (AvgIpc) is 2.81. The van der Waals surface area contributed by atoms with Gasteiger partial charge in [0.2, 0.25) is 5.84 Å². The summed E-state index contributed by atoms with van der Waals surface area (Å²) in [5.41, 5.74) is 0.918. The van der Waals surface area contributed by atoms with Gasteiger partial charge in [0.25, 0.3) is 0 Å². The molecule has 1 aromatic heterocycles. The van der Waals surface area contributed by atoms with Gasteiger partial charge < -0.3 is 4.98 Å². The van der Waals surface area contributed by atoms with E-state index in [1.165, 1.54) is 11.2 Å². The molecule has 1 aromatic rings. The summed E-state index contributed by atoms with van der Waals surface area (Å²) in [6.07, 6.45) is 6.06. The molecule has 0 aromatic carbocycles. The van der Waals surface area contributed by atoms with Crippen LogP contribution in [-0.2, 0) is 6.42 Å². The minimum Gasteiger partial charge on any atom is -0.349 e. The molecule has 1 atom stereocenters. The lowest BCUT2D eigenvalue weighted by Gasteiger charge is -2.21. The maximum Gasteiger partial charge on any atom is 0.231 e. The van der Waals surface area contributed by atoms with Crippen molar-refractivity contribution < 1.29 is 0 Å². The monoisotopic (exact) mass is 241 g/mol. The van der Waals surface area contributed by atoms with Crippen LogP contribution in [0.4, 0.5) is 0 Å². The van der Waals surface area contributed by atoms with Crippen LogP contribution in [0.5, 0.6) is 0 Å². The van der Waals surface area contributed by atoms with Gasteiger partial charge in [-0.2, -0.15) is 10.5 Å². The minimum atomic E-state index is -0.376. The molecule has 7 nitrogen and oxygen atoms in total. The van der Waals surface area contributed by atoms with E-state index in [-0.39, 0.29) is 12.0 Å².